The second kappa shape index (κ2) is 14.1. The number of esters is 1. The molecule has 1 unspecified atom stereocenters. The topological polar surface area (TPSA) is 131 Å². The van der Waals surface area contributed by atoms with Gasteiger partial charge in [0.15, 0.2) is 23.0 Å². The number of nitrogens with two attached hydrogens (primary N) is 1. The van der Waals surface area contributed by atoms with Gasteiger partial charge >= 0.3 is 5.97 Å². The molecular weight excluding hydrogens is 612 g/mol. The maximum Gasteiger partial charge on any atom is 0.343 e. The van der Waals surface area contributed by atoms with Crippen molar-refractivity contribution in [3.8, 4) is 46.3 Å². The first-order chi connectivity index (χ1) is 22.3. The van der Waals surface area contributed by atoms with E-state index in [-0.39, 0.29) is 29.4 Å². The quantitative estimate of drug-likeness (QED) is 0.138. The molecule has 5 rings (SSSR count). The van der Waals surface area contributed by atoms with Gasteiger partial charge < -0.3 is 38.9 Å². The molecule has 1 heterocycles. The van der Waals surface area contributed by atoms with Crippen LogP contribution in [0, 0.1) is 11.3 Å². The molecule has 10 nitrogen and oxygen atoms in total. The van der Waals surface area contributed by atoms with Crippen LogP contribution in [0.5, 0.6) is 40.2 Å². The largest absolute Gasteiger partial charge is 0.493 e. The van der Waals surface area contributed by atoms with Gasteiger partial charge in [-0.2, -0.15) is 5.26 Å². The molecule has 0 saturated heterocycles. The van der Waals surface area contributed by atoms with Crippen molar-refractivity contribution in [2.75, 3.05) is 27.9 Å². The first kappa shape index (κ1) is 31.9. The van der Waals surface area contributed by atoms with E-state index >= 15 is 0 Å². The lowest BCUT2D eigenvalue weighted by Gasteiger charge is -2.27. The predicted octanol–water partition coefficient (Wildman–Crippen LogP) is 6.78. The van der Waals surface area contributed by atoms with Crippen molar-refractivity contribution in [2.24, 2.45) is 5.73 Å². The van der Waals surface area contributed by atoms with E-state index in [1.165, 1.54) is 33.5 Å². The third-order valence-corrected chi connectivity index (χ3v) is 7.61. The summed E-state index contributed by atoms with van der Waals surface area (Å²) in [6, 6.07) is 22.9. The number of carbonyl (C=O) groups excluding carboxylic acids is 1. The van der Waals surface area contributed by atoms with Crippen molar-refractivity contribution in [3.63, 3.8) is 0 Å². The van der Waals surface area contributed by atoms with Crippen LogP contribution in [0.3, 0.4) is 0 Å². The zero-order chi connectivity index (χ0) is 32.8. The van der Waals surface area contributed by atoms with Gasteiger partial charge in [0.05, 0.1) is 39.4 Å². The van der Waals surface area contributed by atoms with Gasteiger partial charge in [-0.25, -0.2) is 4.79 Å². The van der Waals surface area contributed by atoms with Gasteiger partial charge in [-0.15, -0.1) is 0 Å². The molecule has 1 aliphatic heterocycles. The number of carbonyl (C=O) groups is 1. The third-order valence-electron chi connectivity index (χ3n) is 7.24. The first-order valence-corrected chi connectivity index (χ1v) is 14.6. The van der Waals surface area contributed by atoms with Crippen LogP contribution in [0.15, 0.2) is 84.3 Å². The number of allylic oxidation sites excluding steroid dienone is 1. The Kier molecular flexibility index (Phi) is 9.74. The second-order valence-corrected chi connectivity index (χ2v) is 10.4. The van der Waals surface area contributed by atoms with Crippen LogP contribution >= 0.6 is 11.6 Å². The van der Waals surface area contributed by atoms with Gasteiger partial charge in [-0.3, -0.25) is 0 Å². The molecular formula is C35H31ClN2O8. The average Bonchev–Trinajstić information content (AvgIpc) is 3.07. The van der Waals surface area contributed by atoms with E-state index in [0.29, 0.717) is 51.7 Å². The Balaban J connectivity index is 1.45. The Morgan fingerprint density at radius 1 is 0.913 bits per heavy atom. The Labute approximate surface area is 271 Å². The Morgan fingerprint density at radius 3 is 2.30 bits per heavy atom. The third kappa shape index (κ3) is 6.46. The number of halogens is 1. The van der Waals surface area contributed by atoms with Crippen LogP contribution in [0.1, 0.15) is 39.9 Å². The normalized spacial score (nSPS) is 13.5. The van der Waals surface area contributed by atoms with Crippen molar-refractivity contribution in [1.29, 1.82) is 5.26 Å². The Hall–Kier alpha value is -5.53. The summed E-state index contributed by atoms with van der Waals surface area (Å²) in [6.07, 6.45) is 0. The van der Waals surface area contributed by atoms with Crippen LogP contribution < -0.4 is 38.9 Å². The summed E-state index contributed by atoms with van der Waals surface area (Å²) in [5, 5.41) is 10.7. The first-order valence-electron chi connectivity index (χ1n) is 14.2. The zero-order valence-corrected chi connectivity index (χ0v) is 26.3. The van der Waals surface area contributed by atoms with Crippen molar-refractivity contribution in [1.82, 2.24) is 0 Å². The SMILES string of the molecule is CCOc1cc(C2C(C#N)=C(N)Oc3cc(OC(=O)c4cc(OC)c(OC)c(OC)c4)ccc32)ccc1OCc1ccccc1Cl. The minimum absolute atomic E-state index is 0.0647. The lowest BCUT2D eigenvalue weighted by atomic mass is 9.83. The van der Waals surface area contributed by atoms with E-state index in [9.17, 15) is 10.1 Å². The highest BCUT2D eigenvalue weighted by molar-refractivity contribution is 6.31. The maximum absolute atomic E-state index is 13.1. The molecule has 236 valence electrons. The fourth-order valence-electron chi connectivity index (χ4n) is 5.07. The van der Waals surface area contributed by atoms with Gasteiger partial charge in [0.25, 0.3) is 0 Å². The molecule has 11 heteroatoms. The van der Waals surface area contributed by atoms with Crippen LogP contribution in [0.4, 0.5) is 0 Å². The predicted molar refractivity (Wildman–Crippen MR) is 170 cm³/mol. The molecule has 0 spiro atoms. The summed E-state index contributed by atoms with van der Waals surface area (Å²) >= 11 is 6.30. The molecule has 0 amide bonds. The molecule has 4 aromatic rings. The highest BCUT2D eigenvalue weighted by atomic mass is 35.5. The number of ether oxygens (including phenoxy) is 7. The maximum atomic E-state index is 13.1. The molecule has 0 saturated carbocycles. The van der Waals surface area contributed by atoms with E-state index in [4.69, 9.17) is 50.5 Å². The summed E-state index contributed by atoms with van der Waals surface area (Å²) in [7, 11) is 4.38. The summed E-state index contributed by atoms with van der Waals surface area (Å²) in [5.74, 6) is 1.17. The number of nitriles is 1. The molecule has 0 radical (unpaired) electrons. The van der Waals surface area contributed by atoms with Gasteiger partial charge in [-0.05, 0) is 48.9 Å². The summed E-state index contributed by atoms with van der Waals surface area (Å²) in [6.45, 7) is 2.50. The molecule has 0 aliphatic carbocycles. The molecule has 0 fully saturated rings. The lowest BCUT2D eigenvalue weighted by molar-refractivity contribution is 0.0733. The second-order valence-electron chi connectivity index (χ2n) is 9.95. The van der Waals surface area contributed by atoms with Gasteiger partial charge in [-0.1, -0.05) is 41.9 Å². The highest BCUT2D eigenvalue weighted by Gasteiger charge is 2.32. The van der Waals surface area contributed by atoms with Crippen LogP contribution in [0.25, 0.3) is 0 Å². The zero-order valence-electron chi connectivity index (χ0n) is 25.6. The van der Waals surface area contributed by atoms with E-state index in [2.05, 4.69) is 6.07 Å². The van der Waals surface area contributed by atoms with E-state index in [0.717, 1.165) is 11.1 Å². The van der Waals surface area contributed by atoms with Crippen molar-refractivity contribution in [3.05, 3.63) is 112 Å². The smallest absolute Gasteiger partial charge is 0.343 e. The number of nitrogens with zero attached hydrogens (tertiary/aromatic N) is 1. The molecule has 0 aromatic heterocycles. The minimum atomic E-state index is -0.665. The van der Waals surface area contributed by atoms with Crippen molar-refractivity contribution in [2.45, 2.75) is 19.4 Å². The number of fused-ring (bicyclic) bond motifs is 1. The van der Waals surface area contributed by atoms with Crippen molar-refractivity contribution < 1.29 is 38.0 Å². The number of hydrogen-bond donors (Lipinski definition) is 1. The van der Waals surface area contributed by atoms with Crippen LogP contribution in [-0.4, -0.2) is 33.9 Å². The molecule has 1 aliphatic rings. The van der Waals surface area contributed by atoms with Crippen LogP contribution in [0.2, 0.25) is 5.02 Å². The molecule has 0 bridgehead atoms. The Morgan fingerprint density at radius 2 is 1.65 bits per heavy atom. The fraction of sp³-hybridized carbons (Fsp3) is 0.200. The molecule has 46 heavy (non-hydrogen) atoms. The number of hydrogen-bond acceptors (Lipinski definition) is 10. The summed E-state index contributed by atoms with van der Waals surface area (Å²) in [5.41, 5.74) is 8.84. The van der Waals surface area contributed by atoms with Crippen molar-refractivity contribution >= 4 is 17.6 Å². The average molecular weight is 643 g/mol. The Bertz CT molecular complexity index is 1820. The standard InChI is InChI=1S/C35H31ClN2O8/c1-5-43-29-14-20(10-13-27(29)44-19-21-8-6-7-9-26(21)36)32-24-12-11-23(17-28(24)46-34(38)25(32)18-37)45-35(39)22-15-30(40-2)33(42-4)31(16-22)41-3/h6-17,32H,5,19,38H2,1-4H3. The monoisotopic (exact) mass is 642 g/mol. The minimum Gasteiger partial charge on any atom is -0.493 e. The van der Waals surface area contributed by atoms with E-state index in [1.54, 1.807) is 30.3 Å². The fourth-order valence-corrected chi connectivity index (χ4v) is 5.26. The number of methoxy groups -OCH3 is 3. The van der Waals surface area contributed by atoms with Gasteiger partial charge in [0.2, 0.25) is 11.6 Å². The summed E-state index contributed by atoms with van der Waals surface area (Å²) in [4.78, 5) is 13.1. The van der Waals surface area contributed by atoms with E-state index in [1.807, 2.05) is 37.3 Å². The number of rotatable bonds is 11. The molecule has 2 N–H and O–H groups in total. The molecule has 1 atom stereocenters. The van der Waals surface area contributed by atoms with Crippen LogP contribution in [-0.2, 0) is 6.61 Å². The van der Waals surface area contributed by atoms with E-state index < -0.39 is 11.9 Å². The lowest BCUT2D eigenvalue weighted by Crippen LogP contribution is -2.21. The number of benzene rings is 4. The summed E-state index contributed by atoms with van der Waals surface area (Å²) < 4.78 is 39.5. The van der Waals surface area contributed by atoms with Gasteiger partial charge in [0.1, 0.15) is 29.7 Å². The highest BCUT2D eigenvalue weighted by Crippen LogP contribution is 2.45. The van der Waals surface area contributed by atoms with Gasteiger partial charge in [0, 0.05) is 22.2 Å². The molecule has 4 aromatic carbocycles.